The van der Waals surface area contributed by atoms with Gasteiger partial charge in [0.15, 0.2) is 0 Å². The van der Waals surface area contributed by atoms with Gasteiger partial charge in [-0.25, -0.2) is 8.42 Å². The number of aryl methyl sites for hydroxylation is 4. The van der Waals surface area contributed by atoms with Crippen LogP contribution in [0.5, 0.6) is 0 Å². The highest BCUT2D eigenvalue weighted by atomic mass is 32.2. The van der Waals surface area contributed by atoms with Crippen molar-refractivity contribution in [1.82, 2.24) is 23.6 Å². The van der Waals surface area contributed by atoms with Crippen molar-refractivity contribution in [3.8, 4) is 0 Å². The van der Waals surface area contributed by atoms with E-state index in [-0.39, 0.29) is 36.6 Å². The lowest BCUT2D eigenvalue weighted by Gasteiger charge is -2.41. The molecule has 0 spiro atoms. The molecule has 1 fully saturated rings. The van der Waals surface area contributed by atoms with Gasteiger partial charge in [-0.05, 0) is 50.1 Å². The van der Waals surface area contributed by atoms with Crippen LogP contribution >= 0.6 is 0 Å². The molecule has 1 saturated heterocycles. The van der Waals surface area contributed by atoms with Gasteiger partial charge in [0.1, 0.15) is 4.90 Å². The van der Waals surface area contributed by atoms with E-state index in [2.05, 4.69) is 10.4 Å². The van der Waals surface area contributed by atoms with Gasteiger partial charge in [0.25, 0.3) is 5.56 Å². The van der Waals surface area contributed by atoms with E-state index < -0.39 is 28.7 Å². The minimum atomic E-state index is -4.36. The van der Waals surface area contributed by atoms with Gasteiger partial charge in [-0.2, -0.15) is 22.6 Å². The Bertz CT molecular complexity index is 1570. The fourth-order valence-corrected chi connectivity index (χ4v) is 6.47. The molecule has 0 saturated carbocycles. The Balaban J connectivity index is 1.71. The number of pyridine rings is 1. The maximum atomic E-state index is 13.5. The number of piperazine rings is 1. The zero-order valence-electron chi connectivity index (χ0n) is 23.4. The number of benzene rings is 1. The number of rotatable bonds is 9. The van der Waals surface area contributed by atoms with E-state index in [4.69, 9.17) is 5.41 Å². The summed E-state index contributed by atoms with van der Waals surface area (Å²) in [6.07, 6.45) is 0.109. The van der Waals surface area contributed by atoms with Gasteiger partial charge in [0, 0.05) is 81.2 Å². The zero-order chi connectivity index (χ0) is 30.1. The van der Waals surface area contributed by atoms with Crippen molar-refractivity contribution in [2.45, 2.75) is 50.9 Å². The number of alkyl halides is 3. The second-order valence-electron chi connectivity index (χ2n) is 10.2. The Hall–Kier alpha value is -3.49. The Kier molecular flexibility index (Phi) is 8.76. The van der Waals surface area contributed by atoms with Gasteiger partial charge >= 0.3 is 6.18 Å². The molecule has 0 radical (unpaired) electrons. The van der Waals surface area contributed by atoms with E-state index in [1.165, 1.54) is 25.9 Å². The number of sulfonamides is 1. The molecule has 1 unspecified atom stereocenters. The molecule has 1 atom stereocenters. The largest absolute Gasteiger partial charge is 0.390 e. The second-order valence-corrected chi connectivity index (χ2v) is 12.1. The van der Waals surface area contributed by atoms with Crippen molar-refractivity contribution in [2.75, 3.05) is 31.5 Å². The number of nitrogens with one attached hydrogen (secondary N) is 2. The normalized spacial score (nSPS) is 17.1. The van der Waals surface area contributed by atoms with Crippen molar-refractivity contribution < 1.29 is 21.6 Å². The summed E-state index contributed by atoms with van der Waals surface area (Å²) >= 11 is 0. The first-order valence-electron chi connectivity index (χ1n) is 13.2. The van der Waals surface area contributed by atoms with Crippen LogP contribution in [0.4, 0.5) is 24.5 Å². The molecule has 3 heterocycles. The lowest BCUT2D eigenvalue weighted by molar-refractivity contribution is -0.140. The van der Waals surface area contributed by atoms with Crippen LogP contribution in [0.15, 0.2) is 46.5 Å². The minimum absolute atomic E-state index is 0.0332. The summed E-state index contributed by atoms with van der Waals surface area (Å²) in [5, 5.41) is 15.3. The molecule has 2 aromatic heterocycles. The summed E-state index contributed by atoms with van der Waals surface area (Å²) in [7, 11) is -2.30. The van der Waals surface area contributed by atoms with Crippen molar-refractivity contribution in [3.05, 3.63) is 69.4 Å². The first-order valence-corrected chi connectivity index (χ1v) is 14.6. The number of hydrogen-bond acceptors (Lipinski definition) is 7. The summed E-state index contributed by atoms with van der Waals surface area (Å²) in [5.41, 5.74) is 3.44. The highest BCUT2D eigenvalue weighted by Crippen LogP contribution is 2.35. The van der Waals surface area contributed by atoms with Crippen LogP contribution in [-0.2, 0) is 23.6 Å². The lowest BCUT2D eigenvalue weighted by atomic mass is 9.94. The minimum Gasteiger partial charge on any atom is -0.354 e. The molecular formula is C27H34F3N7O3S. The predicted molar refractivity (Wildman–Crippen MR) is 150 cm³/mol. The van der Waals surface area contributed by atoms with Gasteiger partial charge in [-0.1, -0.05) is 0 Å². The van der Waals surface area contributed by atoms with E-state index in [1.54, 1.807) is 50.2 Å². The molecule has 14 heteroatoms. The summed E-state index contributed by atoms with van der Waals surface area (Å²) in [6.45, 7) is 5.64. The molecule has 41 heavy (non-hydrogen) atoms. The molecule has 222 valence electrons. The standard InChI is InChI=1S/C27H34F3N7O3S/c1-5-36-16-22(14-32-36)41(39,40)37-9-8-35(7-6-27(28,29)30)25(17-37)23-12-20(13-31)24(11-18(23)2)33-21-10-19(3)26(38)34(4)15-21/h10-16,25,31,33H,5-9,17H2,1-4H3. The van der Waals surface area contributed by atoms with E-state index in [9.17, 15) is 26.4 Å². The quantitative estimate of drug-likeness (QED) is 0.363. The van der Waals surface area contributed by atoms with Crippen LogP contribution in [0.3, 0.4) is 0 Å². The molecule has 1 aliphatic rings. The van der Waals surface area contributed by atoms with Crippen LogP contribution in [0.25, 0.3) is 0 Å². The van der Waals surface area contributed by atoms with Gasteiger partial charge in [0.05, 0.1) is 18.3 Å². The lowest BCUT2D eigenvalue weighted by Crippen LogP contribution is -2.51. The topological polar surface area (TPSA) is 116 Å². The maximum absolute atomic E-state index is 13.5. The summed E-state index contributed by atoms with van der Waals surface area (Å²) in [5.74, 6) is 0. The van der Waals surface area contributed by atoms with Gasteiger partial charge in [-0.3, -0.25) is 14.4 Å². The third-order valence-corrected chi connectivity index (χ3v) is 9.12. The van der Waals surface area contributed by atoms with E-state index in [0.29, 0.717) is 34.6 Å². The third-order valence-electron chi connectivity index (χ3n) is 7.30. The summed E-state index contributed by atoms with van der Waals surface area (Å²) in [6, 6.07) is 4.53. The highest BCUT2D eigenvalue weighted by Gasteiger charge is 2.38. The van der Waals surface area contributed by atoms with E-state index in [0.717, 1.165) is 11.8 Å². The summed E-state index contributed by atoms with van der Waals surface area (Å²) in [4.78, 5) is 13.8. The maximum Gasteiger partial charge on any atom is 0.390 e. The molecule has 0 bridgehead atoms. The Morgan fingerprint density at radius 1 is 1.15 bits per heavy atom. The van der Waals surface area contributed by atoms with Crippen LogP contribution < -0.4 is 10.9 Å². The molecule has 4 rings (SSSR count). The number of hydrogen-bond donors (Lipinski definition) is 2. The van der Waals surface area contributed by atoms with Crippen LogP contribution in [0, 0.1) is 19.3 Å². The van der Waals surface area contributed by atoms with Gasteiger partial charge < -0.3 is 15.3 Å². The van der Waals surface area contributed by atoms with Crippen molar-refractivity contribution in [1.29, 1.82) is 5.41 Å². The molecule has 0 amide bonds. The SMILES string of the molecule is CCn1cc(S(=O)(=O)N2CCN(CCC(F)(F)F)C(c3cc(C=N)c(Nc4cc(C)c(=O)n(C)c4)cc3C)C2)cn1. The van der Waals surface area contributed by atoms with E-state index >= 15 is 0 Å². The number of halogens is 3. The molecule has 1 aromatic carbocycles. The highest BCUT2D eigenvalue weighted by molar-refractivity contribution is 7.89. The molecular weight excluding hydrogens is 559 g/mol. The fourth-order valence-electron chi connectivity index (χ4n) is 5.08. The fraction of sp³-hybridized carbons (Fsp3) is 0.444. The van der Waals surface area contributed by atoms with Crippen molar-refractivity contribution in [3.63, 3.8) is 0 Å². The Morgan fingerprint density at radius 2 is 1.88 bits per heavy atom. The third kappa shape index (κ3) is 6.71. The number of anilines is 2. The summed E-state index contributed by atoms with van der Waals surface area (Å²) < 4.78 is 70.8. The van der Waals surface area contributed by atoms with Gasteiger partial charge in [0.2, 0.25) is 10.0 Å². The van der Waals surface area contributed by atoms with Crippen LogP contribution in [0.2, 0.25) is 0 Å². The second kappa shape index (κ2) is 11.8. The average Bonchev–Trinajstić information content (AvgIpc) is 3.41. The molecule has 3 aromatic rings. The van der Waals surface area contributed by atoms with Crippen LogP contribution in [-0.4, -0.2) is 70.5 Å². The monoisotopic (exact) mass is 593 g/mol. The average molecular weight is 594 g/mol. The molecule has 10 nitrogen and oxygen atoms in total. The zero-order valence-corrected chi connectivity index (χ0v) is 24.2. The van der Waals surface area contributed by atoms with Crippen LogP contribution in [0.1, 0.15) is 41.6 Å². The number of aromatic nitrogens is 3. The Morgan fingerprint density at radius 3 is 2.49 bits per heavy atom. The molecule has 1 aliphatic heterocycles. The first-order chi connectivity index (χ1) is 19.2. The Labute approximate surface area is 236 Å². The predicted octanol–water partition coefficient (Wildman–Crippen LogP) is 3.96. The van der Waals surface area contributed by atoms with Gasteiger partial charge in [-0.15, -0.1) is 0 Å². The van der Waals surface area contributed by atoms with Crippen molar-refractivity contribution >= 4 is 27.6 Å². The first kappa shape index (κ1) is 30.5. The van der Waals surface area contributed by atoms with Crippen molar-refractivity contribution in [2.24, 2.45) is 7.05 Å². The molecule has 0 aliphatic carbocycles. The molecule has 2 N–H and O–H groups in total. The smallest absolute Gasteiger partial charge is 0.354 e. The number of nitrogens with zero attached hydrogens (tertiary/aromatic N) is 5. The van der Waals surface area contributed by atoms with E-state index in [1.807, 2.05) is 6.92 Å².